The summed E-state index contributed by atoms with van der Waals surface area (Å²) in [7, 11) is -3.52. The Morgan fingerprint density at radius 3 is 0.631 bits per heavy atom. The fraction of sp³-hybridized carbons (Fsp3) is 0.143. The molecule has 0 aliphatic heterocycles. The number of halogens is 1. The summed E-state index contributed by atoms with van der Waals surface area (Å²) in [5.74, 6) is 0. The second kappa shape index (κ2) is 20.1. The average Bonchev–Trinajstić information content (AvgIpc) is 3.34. The molecule has 9 rings (SSSR count). The van der Waals surface area contributed by atoms with Crippen LogP contribution >= 0.6 is 11.1 Å². The van der Waals surface area contributed by atoms with Gasteiger partial charge in [0.05, 0.1) is 0 Å². The Bertz CT molecular complexity index is 2650. The lowest BCUT2D eigenvalue weighted by molar-refractivity contribution is 1.07. The van der Waals surface area contributed by atoms with Gasteiger partial charge in [0.15, 0.2) is 0 Å². The number of hydrogen-bond donors (Lipinski definition) is 0. The van der Waals surface area contributed by atoms with Gasteiger partial charge in [-0.1, -0.05) is 218 Å². The van der Waals surface area contributed by atoms with E-state index in [0.29, 0.717) is 0 Å². The molecule has 0 amide bonds. The zero-order valence-corrected chi connectivity index (χ0v) is 39.7. The van der Waals surface area contributed by atoms with Crippen LogP contribution in [0.1, 0.15) is 83.5 Å². The molecule has 0 spiro atoms. The SMILES string of the molecule is Cc1ccc([Si](Cl)(c2ccc(C)c(Cc3ccccc3)c2Cc2ccccc2)c2ccc(C)c(Cc3ccccc3)c2Cc2ccccc2)c(Cc2ccccc2)c1Cc1ccccc1. The molecule has 320 valence electrons. The van der Waals surface area contributed by atoms with Crippen LogP contribution in [0.4, 0.5) is 0 Å². The molecular formula is C63H57ClSi. The Balaban J connectivity index is 1.41. The van der Waals surface area contributed by atoms with Crippen molar-refractivity contribution in [2.45, 2.75) is 59.3 Å². The third-order valence-electron chi connectivity index (χ3n) is 13.5. The van der Waals surface area contributed by atoms with E-state index in [-0.39, 0.29) is 0 Å². The third-order valence-corrected chi connectivity index (χ3v) is 18.9. The van der Waals surface area contributed by atoms with Crippen LogP contribution < -0.4 is 15.6 Å². The lowest BCUT2D eigenvalue weighted by Gasteiger charge is -2.36. The fourth-order valence-electron chi connectivity index (χ4n) is 9.98. The molecule has 0 unspecified atom stereocenters. The first-order valence-electron chi connectivity index (χ1n) is 23.1. The van der Waals surface area contributed by atoms with Gasteiger partial charge in [-0.3, -0.25) is 0 Å². The predicted molar refractivity (Wildman–Crippen MR) is 280 cm³/mol. The summed E-state index contributed by atoms with van der Waals surface area (Å²) in [5.41, 5.74) is 19.9. The zero-order valence-electron chi connectivity index (χ0n) is 37.9. The first kappa shape index (κ1) is 43.7. The summed E-state index contributed by atoms with van der Waals surface area (Å²) >= 11 is 9.35. The highest BCUT2D eigenvalue weighted by atomic mass is 35.6. The Morgan fingerprint density at radius 2 is 0.431 bits per heavy atom. The maximum Gasteiger partial charge on any atom is 0.248 e. The van der Waals surface area contributed by atoms with E-state index in [1.54, 1.807) is 0 Å². The van der Waals surface area contributed by atoms with Gasteiger partial charge in [0.2, 0.25) is 7.38 Å². The van der Waals surface area contributed by atoms with Crippen LogP contribution in [0.3, 0.4) is 0 Å². The summed E-state index contributed by atoms with van der Waals surface area (Å²) in [5, 5.41) is 3.85. The van der Waals surface area contributed by atoms with E-state index in [4.69, 9.17) is 0 Å². The molecule has 0 aliphatic rings. The van der Waals surface area contributed by atoms with Crippen molar-refractivity contribution in [3.8, 4) is 0 Å². The summed E-state index contributed by atoms with van der Waals surface area (Å²) in [6.07, 6.45) is 4.85. The van der Waals surface area contributed by atoms with Crippen molar-refractivity contribution >= 4 is 34.0 Å². The van der Waals surface area contributed by atoms with E-state index in [9.17, 15) is 11.1 Å². The molecule has 0 nitrogen and oxygen atoms in total. The van der Waals surface area contributed by atoms with E-state index in [1.807, 2.05) is 0 Å². The van der Waals surface area contributed by atoms with Crippen molar-refractivity contribution in [1.82, 2.24) is 0 Å². The van der Waals surface area contributed by atoms with Crippen molar-refractivity contribution < 1.29 is 0 Å². The van der Waals surface area contributed by atoms with E-state index in [2.05, 4.69) is 239 Å². The van der Waals surface area contributed by atoms with Gasteiger partial charge in [-0.25, -0.2) is 0 Å². The molecule has 0 saturated heterocycles. The van der Waals surface area contributed by atoms with Crippen LogP contribution in [0.2, 0.25) is 0 Å². The van der Waals surface area contributed by atoms with Crippen molar-refractivity contribution in [2.75, 3.05) is 0 Å². The van der Waals surface area contributed by atoms with Crippen LogP contribution in [0.15, 0.2) is 218 Å². The normalized spacial score (nSPS) is 11.4. The summed E-state index contributed by atoms with van der Waals surface area (Å²) in [6, 6.07) is 80.5. The highest BCUT2D eigenvalue weighted by Crippen LogP contribution is 2.32. The Kier molecular flexibility index (Phi) is 13.5. The topological polar surface area (TPSA) is 0 Å². The quantitative estimate of drug-likeness (QED) is 0.0547. The molecule has 65 heavy (non-hydrogen) atoms. The fourth-order valence-corrected chi connectivity index (χ4v) is 15.3. The van der Waals surface area contributed by atoms with Gasteiger partial charge in [0.25, 0.3) is 0 Å². The molecule has 9 aromatic rings. The molecule has 9 aromatic carbocycles. The van der Waals surface area contributed by atoms with Gasteiger partial charge in [-0.2, -0.15) is 0 Å². The Labute approximate surface area is 393 Å². The minimum atomic E-state index is -3.52. The van der Waals surface area contributed by atoms with E-state index in [0.717, 1.165) is 38.5 Å². The molecule has 0 saturated carbocycles. The summed E-state index contributed by atoms with van der Waals surface area (Å²) in [6.45, 7) is 6.89. The van der Waals surface area contributed by atoms with Gasteiger partial charge in [0.1, 0.15) is 0 Å². The molecule has 0 bridgehead atoms. The van der Waals surface area contributed by atoms with Gasteiger partial charge >= 0.3 is 0 Å². The molecule has 0 aromatic heterocycles. The average molecular weight is 878 g/mol. The second-order valence-electron chi connectivity index (χ2n) is 17.8. The smallest absolute Gasteiger partial charge is 0.149 e. The number of rotatable bonds is 15. The zero-order chi connectivity index (χ0) is 44.6. The molecule has 0 N–H and O–H groups in total. The lowest BCUT2D eigenvalue weighted by atomic mass is 9.91. The molecule has 0 fully saturated rings. The van der Waals surface area contributed by atoms with Crippen LogP contribution in [0.5, 0.6) is 0 Å². The number of benzene rings is 9. The standard InChI is InChI=1S/C63H57ClSi/c1-46-34-37-61(58(43-52-28-16-7-17-29-52)55(46)40-49-22-10-4-11-23-49)65(64,62-38-35-47(2)56(41-50-24-12-5-13-25-50)59(62)44-53-30-18-8-19-31-53)63-39-36-48(3)57(42-51-26-14-6-15-27-51)60(63)45-54-32-20-9-21-33-54/h4-39H,40-45H2,1-3H3. The molecule has 0 aliphatic carbocycles. The Morgan fingerprint density at radius 1 is 0.246 bits per heavy atom. The summed E-state index contributed by atoms with van der Waals surface area (Å²) < 4.78 is 0. The molecule has 2 heteroatoms. The maximum atomic E-state index is 9.35. The van der Waals surface area contributed by atoms with Crippen molar-refractivity contribution in [3.63, 3.8) is 0 Å². The van der Waals surface area contributed by atoms with Crippen LogP contribution in [-0.4, -0.2) is 7.38 Å². The molecule has 0 radical (unpaired) electrons. The minimum Gasteiger partial charge on any atom is -0.149 e. The van der Waals surface area contributed by atoms with E-state index < -0.39 is 7.38 Å². The van der Waals surface area contributed by atoms with E-state index in [1.165, 1.54) is 99.0 Å². The second-order valence-corrected chi connectivity index (χ2v) is 22.4. The first-order valence-corrected chi connectivity index (χ1v) is 26.1. The van der Waals surface area contributed by atoms with Crippen molar-refractivity contribution in [1.29, 1.82) is 0 Å². The van der Waals surface area contributed by atoms with Gasteiger partial charge in [-0.15, -0.1) is 11.1 Å². The third kappa shape index (κ3) is 9.79. The lowest BCUT2D eigenvalue weighted by Crippen LogP contribution is -2.66. The highest BCUT2D eigenvalue weighted by molar-refractivity contribution is 7.40. The van der Waals surface area contributed by atoms with Crippen molar-refractivity contribution in [2.24, 2.45) is 0 Å². The molecule has 0 heterocycles. The van der Waals surface area contributed by atoms with Gasteiger partial charge < -0.3 is 0 Å². The predicted octanol–water partition coefficient (Wildman–Crippen LogP) is 13.4. The largest absolute Gasteiger partial charge is 0.248 e. The maximum absolute atomic E-state index is 9.35. The van der Waals surface area contributed by atoms with Crippen LogP contribution in [0.25, 0.3) is 0 Å². The van der Waals surface area contributed by atoms with Gasteiger partial charge in [0, 0.05) is 0 Å². The van der Waals surface area contributed by atoms with Crippen molar-refractivity contribution in [3.05, 3.63) is 302 Å². The molecule has 0 atom stereocenters. The van der Waals surface area contributed by atoms with Crippen LogP contribution in [0, 0.1) is 20.8 Å². The first-order chi connectivity index (χ1) is 31.8. The minimum absolute atomic E-state index is 0.787. The Hall–Kier alpha value is -6.51. The van der Waals surface area contributed by atoms with Crippen LogP contribution in [-0.2, 0) is 38.5 Å². The van der Waals surface area contributed by atoms with E-state index >= 15 is 0 Å². The highest BCUT2D eigenvalue weighted by Gasteiger charge is 2.44. The number of hydrogen-bond acceptors (Lipinski definition) is 0. The molecular weight excluding hydrogens is 820 g/mol. The van der Waals surface area contributed by atoms with Gasteiger partial charge in [-0.05, 0) is 158 Å². The monoisotopic (exact) mass is 876 g/mol. The number of aryl methyl sites for hydroxylation is 3. The summed E-state index contributed by atoms with van der Waals surface area (Å²) in [4.78, 5) is 0.